The molecule has 4 heteroatoms. The van der Waals surface area contributed by atoms with Crippen LogP contribution in [0.1, 0.15) is 55.2 Å². The number of aryl methyl sites for hydroxylation is 2. The largest absolute Gasteiger partial charge is 0.490 e. The molecule has 1 saturated carbocycles. The van der Waals surface area contributed by atoms with Crippen LogP contribution in [0.15, 0.2) is 54.6 Å². The van der Waals surface area contributed by atoms with Gasteiger partial charge in [0.25, 0.3) is 0 Å². The molecule has 0 N–H and O–H groups in total. The van der Waals surface area contributed by atoms with Gasteiger partial charge in [-0.05, 0) is 79.7 Å². The Morgan fingerprint density at radius 2 is 1.56 bits per heavy atom. The van der Waals surface area contributed by atoms with E-state index in [4.69, 9.17) is 4.74 Å². The zero-order chi connectivity index (χ0) is 22.7. The van der Waals surface area contributed by atoms with Crippen LogP contribution in [0, 0.1) is 30.3 Å². The molecule has 3 aromatic rings. The number of rotatable bonds is 6. The minimum Gasteiger partial charge on any atom is -0.490 e. The van der Waals surface area contributed by atoms with E-state index in [1.165, 1.54) is 6.07 Å². The smallest absolute Gasteiger partial charge is 0.166 e. The van der Waals surface area contributed by atoms with Crippen molar-refractivity contribution in [2.75, 3.05) is 6.61 Å². The fourth-order valence-corrected chi connectivity index (χ4v) is 4.56. The lowest BCUT2D eigenvalue weighted by Gasteiger charge is -2.29. The molecule has 1 aliphatic rings. The van der Waals surface area contributed by atoms with E-state index >= 15 is 0 Å². The number of halogens is 3. The lowest BCUT2D eigenvalue weighted by molar-refractivity contribution is 0.193. The van der Waals surface area contributed by atoms with E-state index in [1.54, 1.807) is 18.2 Å². The average molecular weight is 439 g/mol. The summed E-state index contributed by atoms with van der Waals surface area (Å²) in [6.07, 6.45) is 4.02. The van der Waals surface area contributed by atoms with Crippen LogP contribution < -0.4 is 4.74 Å². The first-order valence-electron chi connectivity index (χ1n) is 11.4. The molecule has 1 fully saturated rings. The zero-order valence-corrected chi connectivity index (χ0v) is 18.6. The van der Waals surface area contributed by atoms with Gasteiger partial charge in [0.05, 0.1) is 6.61 Å². The molecule has 0 heterocycles. The van der Waals surface area contributed by atoms with E-state index in [0.717, 1.165) is 43.2 Å². The molecule has 0 bridgehead atoms. The van der Waals surface area contributed by atoms with Crippen molar-refractivity contribution in [1.29, 1.82) is 0 Å². The third kappa shape index (κ3) is 4.85. The van der Waals surface area contributed by atoms with Crippen LogP contribution in [0.2, 0.25) is 0 Å². The summed E-state index contributed by atoms with van der Waals surface area (Å²) in [5, 5.41) is 0. The second-order valence-corrected chi connectivity index (χ2v) is 8.84. The predicted octanol–water partition coefficient (Wildman–Crippen LogP) is 7.99. The Morgan fingerprint density at radius 3 is 2.22 bits per heavy atom. The highest BCUT2D eigenvalue weighted by atomic mass is 19.2. The van der Waals surface area contributed by atoms with Crippen LogP contribution in [-0.2, 0) is 6.42 Å². The highest BCUT2D eigenvalue weighted by molar-refractivity contribution is 5.65. The van der Waals surface area contributed by atoms with E-state index in [1.807, 2.05) is 44.2 Å². The maximum atomic E-state index is 14.9. The molecule has 32 heavy (non-hydrogen) atoms. The second kappa shape index (κ2) is 9.81. The van der Waals surface area contributed by atoms with Crippen molar-refractivity contribution in [3.8, 4) is 16.9 Å². The van der Waals surface area contributed by atoms with E-state index in [9.17, 15) is 13.2 Å². The van der Waals surface area contributed by atoms with Crippen LogP contribution >= 0.6 is 0 Å². The summed E-state index contributed by atoms with van der Waals surface area (Å²) in [4.78, 5) is 0. The summed E-state index contributed by atoms with van der Waals surface area (Å²) < 4.78 is 49.6. The lowest BCUT2D eigenvalue weighted by Crippen LogP contribution is -2.20. The second-order valence-electron chi connectivity index (χ2n) is 8.84. The Labute approximate surface area is 188 Å². The topological polar surface area (TPSA) is 9.23 Å². The molecular weight excluding hydrogens is 409 g/mol. The Balaban J connectivity index is 1.38. The highest BCUT2D eigenvalue weighted by Gasteiger charge is 2.27. The summed E-state index contributed by atoms with van der Waals surface area (Å²) >= 11 is 0. The molecule has 4 rings (SSSR count). The Morgan fingerprint density at radius 1 is 0.844 bits per heavy atom. The van der Waals surface area contributed by atoms with E-state index in [0.29, 0.717) is 23.3 Å². The maximum absolute atomic E-state index is 14.9. The van der Waals surface area contributed by atoms with Crippen LogP contribution in [0.5, 0.6) is 5.75 Å². The lowest BCUT2D eigenvalue weighted by atomic mass is 9.78. The first-order chi connectivity index (χ1) is 15.5. The number of hydrogen-bond donors (Lipinski definition) is 0. The molecule has 3 aromatic carbocycles. The average Bonchev–Trinajstić information content (AvgIpc) is 2.81. The van der Waals surface area contributed by atoms with Gasteiger partial charge < -0.3 is 4.74 Å². The fraction of sp³-hybridized carbons (Fsp3) is 0.357. The van der Waals surface area contributed by atoms with E-state index in [-0.39, 0.29) is 23.4 Å². The van der Waals surface area contributed by atoms with Gasteiger partial charge in [0.2, 0.25) is 0 Å². The molecule has 0 amide bonds. The van der Waals surface area contributed by atoms with Gasteiger partial charge in [-0.3, -0.25) is 0 Å². The number of ether oxygens (including phenoxy) is 1. The minimum atomic E-state index is -0.775. The standard InChI is InChI=1S/C28H29F3O/c1-3-19-8-15-26(25(29)16-19)32-17-20-6-11-22(12-7-20)24-14-13-23(27(30)28(24)31)21-9-4-18(2)5-10-21/h4-5,8-10,13-16,20,22H,3,6-7,11-12,17H2,1-2H3. The first kappa shape index (κ1) is 22.4. The van der Waals surface area contributed by atoms with Gasteiger partial charge >= 0.3 is 0 Å². The van der Waals surface area contributed by atoms with Crippen molar-refractivity contribution in [2.45, 2.75) is 51.9 Å². The predicted molar refractivity (Wildman–Crippen MR) is 123 cm³/mol. The molecule has 1 nitrogen and oxygen atoms in total. The van der Waals surface area contributed by atoms with Crippen molar-refractivity contribution < 1.29 is 17.9 Å². The van der Waals surface area contributed by atoms with Crippen molar-refractivity contribution in [3.05, 3.63) is 88.7 Å². The first-order valence-corrected chi connectivity index (χ1v) is 11.4. The van der Waals surface area contributed by atoms with Gasteiger partial charge in [-0.25, -0.2) is 13.2 Å². The molecule has 0 saturated heterocycles. The molecule has 168 valence electrons. The number of benzene rings is 3. The minimum absolute atomic E-state index is 0.00612. The molecular formula is C28H29F3O. The molecule has 0 spiro atoms. The summed E-state index contributed by atoms with van der Waals surface area (Å²) in [6, 6.07) is 15.9. The molecule has 0 unspecified atom stereocenters. The highest BCUT2D eigenvalue weighted by Crippen LogP contribution is 2.39. The Hall–Kier alpha value is -2.75. The molecule has 0 radical (unpaired) electrons. The third-order valence-corrected chi connectivity index (χ3v) is 6.64. The molecule has 0 atom stereocenters. The van der Waals surface area contributed by atoms with Crippen LogP contribution in [0.25, 0.3) is 11.1 Å². The summed E-state index contributed by atoms with van der Waals surface area (Å²) in [5.41, 5.74) is 3.45. The fourth-order valence-electron chi connectivity index (χ4n) is 4.56. The van der Waals surface area contributed by atoms with Gasteiger partial charge in [0.1, 0.15) is 0 Å². The monoisotopic (exact) mass is 438 g/mol. The van der Waals surface area contributed by atoms with Crippen molar-refractivity contribution in [2.24, 2.45) is 5.92 Å². The normalized spacial score (nSPS) is 18.5. The van der Waals surface area contributed by atoms with E-state index < -0.39 is 11.6 Å². The number of hydrogen-bond acceptors (Lipinski definition) is 1. The summed E-state index contributed by atoms with van der Waals surface area (Å²) in [5.74, 6) is -1.28. The Bertz CT molecular complexity index is 1070. The maximum Gasteiger partial charge on any atom is 0.166 e. The van der Waals surface area contributed by atoms with Gasteiger partial charge in [-0.1, -0.05) is 55.0 Å². The van der Waals surface area contributed by atoms with Crippen molar-refractivity contribution in [1.82, 2.24) is 0 Å². The van der Waals surface area contributed by atoms with Gasteiger partial charge in [0, 0.05) is 5.56 Å². The zero-order valence-electron chi connectivity index (χ0n) is 18.6. The van der Waals surface area contributed by atoms with Gasteiger partial charge in [-0.2, -0.15) is 0 Å². The Kier molecular flexibility index (Phi) is 6.88. The third-order valence-electron chi connectivity index (χ3n) is 6.64. The van der Waals surface area contributed by atoms with Crippen LogP contribution in [-0.4, -0.2) is 6.61 Å². The summed E-state index contributed by atoms with van der Waals surface area (Å²) in [6.45, 7) is 4.39. The van der Waals surface area contributed by atoms with Gasteiger partial charge in [-0.15, -0.1) is 0 Å². The molecule has 1 aliphatic carbocycles. The van der Waals surface area contributed by atoms with Gasteiger partial charge in [0.15, 0.2) is 23.2 Å². The van der Waals surface area contributed by atoms with Crippen LogP contribution in [0.3, 0.4) is 0 Å². The molecule has 0 aromatic heterocycles. The summed E-state index contributed by atoms with van der Waals surface area (Å²) in [7, 11) is 0. The van der Waals surface area contributed by atoms with Crippen LogP contribution in [0.4, 0.5) is 13.2 Å². The van der Waals surface area contributed by atoms with E-state index in [2.05, 4.69) is 0 Å². The van der Waals surface area contributed by atoms with Crippen molar-refractivity contribution >= 4 is 0 Å². The molecule has 0 aliphatic heterocycles. The van der Waals surface area contributed by atoms with Crippen molar-refractivity contribution in [3.63, 3.8) is 0 Å². The SMILES string of the molecule is CCc1ccc(OCC2CCC(c3ccc(-c4ccc(C)cc4)c(F)c3F)CC2)c(F)c1. The quantitative estimate of drug-likeness (QED) is 0.379.